The van der Waals surface area contributed by atoms with E-state index in [1.165, 1.54) is 22.3 Å². The first-order valence-electron chi connectivity index (χ1n) is 8.05. The lowest BCUT2D eigenvalue weighted by Gasteiger charge is -2.09. The minimum atomic E-state index is -3.46. The van der Waals surface area contributed by atoms with E-state index in [4.69, 9.17) is 0 Å². The summed E-state index contributed by atoms with van der Waals surface area (Å²) >= 11 is 0. The molecule has 0 aromatic heterocycles. The summed E-state index contributed by atoms with van der Waals surface area (Å²) in [6.45, 7) is 2.09. The zero-order chi connectivity index (χ0) is 15.9. The third-order valence-electron chi connectivity index (χ3n) is 4.75. The number of sulfonamides is 1. The molecule has 0 unspecified atom stereocenters. The predicted octanol–water partition coefficient (Wildman–Crippen LogP) is 2.68. The van der Waals surface area contributed by atoms with Crippen molar-refractivity contribution in [2.75, 3.05) is 0 Å². The van der Waals surface area contributed by atoms with Gasteiger partial charge in [-0.3, -0.25) is 0 Å². The minimum absolute atomic E-state index is 0. The highest BCUT2D eigenvalue weighted by Gasteiger charge is 2.18. The van der Waals surface area contributed by atoms with Crippen molar-refractivity contribution >= 4 is 22.4 Å². The van der Waals surface area contributed by atoms with Crippen LogP contribution < -0.4 is 10.0 Å². The molecule has 0 bridgehead atoms. The SMILES string of the molecule is Cl.O=S(=O)(NCc1ccc2c(c1)CNC2)c1ccc2c(c1)CCC2. The lowest BCUT2D eigenvalue weighted by Crippen LogP contribution is -2.23. The summed E-state index contributed by atoms with van der Waals surface area (Å²) in [5, 5.41) is 3.30. The van der Waals surface area contributed by atoms with Gasteiger partial charge < -0.3 is 5.32 Å². The number of hydrogen-bond donors (Lipinski definition) is 2. The number of halogens is 1. The monoisotopic (exact) mass is 364 g/mol. The lowest BCUT2D eigenvalue weighted by molar-refractivity contribution is 0.581. The smallest absolute Gasteiger partial charge is 0.240 e. The maximum Gasteiger partial charge on any atom is 0.240 e. The van der Waals surface area contributed by atoms with Gasteiger partial charge in [0.05, 0.1) is 4.90 Å². The van der Waals surface area contributed by atoms with Crippen LogP contribution in [0.5, 0.6) is 0 Å². The van der Waals surface area contributed by atoms with Crippen molar-refractivity contribution in [3.05, 3.63) is 64.2 Å². The van der Waals surface area contributed by atoms with Crippen LogP contribution in [-0.4, -0.2) is 8.42 Å². The average molecular weight is 365 g/mol. The molecule has 24 heavy (non-hydrogen) atoms. The third kappa shape index (κ3) is 3.35. The first kappa shape index (κ1) is 17.4. The Balaban J connectivity index is 0.00000169. The molecule has 0 radical (unpaired) electrons. The van der Waals surface area contributed by atoms with Crippen LogP contribution in [0.25, 0.3) is 0 Å². The summed E-state index contributed by atoms with van der Waals surface area (Å²) < 4.78 is 27.8. The Morgan fingerprint density at radius 1 is 0.917 bits per heavy atom. The van der Waals surface area contributed by atoms with Crippen molar-refractivity contribution in [2.24, 2.45) is 0 Å². The van der Waals surface area contributed by atoms with Gasteiger partial charge in [-0.15, -0.1) is 12.4 Å². The number of nitrogens with one attached hydrogen (secondary N) is 2. The van der Waals surface area contributed by atoms with E-state index in [1.807, 2.05) is 18.2 Å². The summed E-state index contributed by atoms with van der Waals surface area (Å²) in [4.78, 5) is 0.376. The van der Waals surface area contributed by atoms with Gasteiger partial charge in [0, 0.05) is 19.6 Å². The van der Waals surface area contributed by atoms with Crippen molar-refractivity contribution in [2.45, 2.75) is 43.8 Å². The van der Waals surface area contributed by atoms with E-state index >= 15 is 0 Å². The molecular weight excluding hydrogens is 344 g/mol. The molecule has 128 valence electrons. The molecule has 0 fully saturated rings. The highest BCUT2D eigenvalue weighted by molar-refractivity contribution is 7.89. The molecule has 0 saturated heterocycles. The van der Waals surface area contributed by atoms with Crippen molar-refractivity contribution in [3.8, 4) is 0 Å². The van der Waals surface area contributed by atoms with Crippen LogP contribution in [0.4, 0.5) is 0 Å². The quantitative estimate of drug-likeness (QED) is 0.876. The summed E-state index contributed by atoms with van der Waals surface area (Å²) in [6.07, 6.45) is 3.16. The molecule has 2 N–H and O–H groups in total. The van der Waals surface area contributed by atoms with Gasteiger partial charge in [-0.1, -0.05) is 24.3 Å². The molecule has 2 aromatic carbocycles. The fourth-order valence-electron chi connectivity index (χ4n) is 3.44. The Labute approximate surface area is 149 Å². The Bertz CT molecular complexity index is 865. The van der Waals surface area contributed by atoms with Gasteiger partial charge in [-0.05, 0) is 59.2 Å². The second-order valence-electron chi connectivity index (χ2n) is 6.32. The minimum Gasteiger partial charge on any atom is -0.309 e. The predicted molar refractivity (Wildman–Crippen MR) is 96.7 cm³/mol. The van der Waals surface area contributed by atoms with Crippen LogP contribution in [0.15, 0.2) is 41.3 Å². The third-order valence-corrected chi connectivity index (χ3v) is 6.15. The molecule has 0 spiro atoms. The summed E-state index contributed by atoms with van der Waals surface area (Å²) in [7, 11) is -3.46. The molecule has 4 nitrogen and oxygen atoms in total. The van der Waals surface area contributed by atoms with Crippen LogP contribution in [-0.2, 0) is 42.5 Å². The first-order valence-corrected chi connectivity index (χ1v) is 9.53. The van der Waals surface area contributed by atoms with E-state index in [0.717, 1.165) is 37.9 Å². The Kier molecular flexibility index (Phi) is 4.97. The van der Waals surface area contributed by atoms with Crippen LogP contribution in [0.3, 0.4) is 0 Å². The zero-order valence-electron chi connectivity index (χ0n) is 13.3. The van der Waals surface area contributed by atoms with E-state index in [-0.39, 0.29) is 12.4 Å². The molecule has 6 heteroatoms. The van der Waals surface area contributed by atoms with Crippen molar-refractivity contribution in [3.63, 3.8) is 0 Å². The van der Waals surface area contributed by atoms with Crippen LogP contribution in [0, 0.1) is 0 Å². The van der Waals surface area contributed by atoms with Crippen molar-refractivity contribution in [1.82, 2.24) is 10.0 Å². The Hall–Kier alpha value is -1.40. The number of aryl methyl sites for hydroxylation is 2. The molecule has 0 saturated carbocycles. The molecule has 0 atom stereocenters. The fraction of sp³-hybridized carbons (Fsp3) is 0.333. The lowest BCUT2D eigenvalue weighted by atomic mass is 10.1. The summed E-state index contributed by atoms with van der Waals surface area (Å²) in [5.74, 6) is 0. The number of benzene rings is 2. The molecule has 1 heterocycles. The van der Waals surface area contributed by atoms with E-state index in [2.05, 4.69) is 22.2 Å². The highest BCUT2D eigenvalue weighted by atomic mass is 35.5. The highest BCUT2D eigenvalue weighted by Crippen LogP contribution is 2.25. The second-order valence-corrected chi connectivity index (χ2v) is 8.08. The summed E-state index contributed by atoms with van der Waals surface area (Å²) in [6, 6.07) is 11.7. The van der Waals surface area contributed by atoms with E-state index in [1.54, 1.807) is 6.07 Å². The number of rotatable bonds is 4. The average Bonchev–Trinajstić information content (AvgIpc) is 3.20. The van der Waals surface area contributed by atoms with Crippen molar-refractivity contribution < 1.29 is 8.42 Å². The van der Waals surface area contributed by atoms with Crippen LogP contribution in [0.2, 0.25) is 0 Å². The molecular formula is C18H21ClN2O2S. The Morgan fingerprint density at radius 3 is 2.54 bits per heavy atom. The molecule has 4 rings (SSSR count). The molecule has 1 aliphatic heterocycles. The maximum absolute atomic E-state index is 12.5. The van der Waals surface area contributed by atoms with Crippen molar-refractivity contribution in [1.29, 1.82) is 0 Å². The van der Waals surface area contributed by atoms with Gasteiger partial charge in [-0.25, -0.2) is 13.1 Å². The number of fused-ring (bicyclic) bond motifs is 2. The number of hydrogen-bond acceptors (Lipinski definition) is 3. The molecule has 0 amide bonds. The first-order chi connectivity index (χ1) is 11.1. The fourth-order valence-corrected chi connectivity index (χ4v) is 4.50. The Morgan fingerprint density at radius 2 is 1.67 bits per heavy atom. The summed E-state index contributed by atoms with van der Waals surface area (Å²) in [5.41, 5.74) is 6.03. The van der Waals surface area contributed by atoms with Gasteiger partial charge >= 0.3 is 0 Å². The molecule has 2 aromatic rings. The maximum atomic E-state index is 12.5. The zero-order valence-corrected chi connectivity index (χ0v) is 15.0. The van der Waals surface area contributed by atoms with Gasteiger partial charge in [0.25, 0.3) is 0 Å². The largest absolute Gasteiger partial charge is 0.309 e. The van der Waals surface area contributed by atoms with E-state index < -0.39 is 10.0 Å². The molecule has 2 aliphatic rings. The van der Waals surface area contributed by atoms with Gasteiger partial charge in [-0.2, -0.15) is 0 Å². The van der Waals surface area contributed by atoms with E-state index in [0.29, 0.717) is 11.4 Å². The normalized spacial score (nSPS) is 15.7. The van der Waals surface area contributed by atoms with Gasteiger partial charge in [0.1, 0.15) is 0 Å². The molecule has 1 aliphatic carbocycles. The second kappa shape index (κ2) is 6.84. The van der Waals surface area contributed by atoms with Crippen LogP contribution in [0.1, 0.15) is 34.2 Å². The van der Waals surface area contributed by atoms with Gasteiger partial charge in [0.2, 0.25) is 10.0 Å². The topological polar surface area (TPSA) is 58.2 Å². The van der Waals surface area contributed by atoms with E-state index in [9.17, 15) is 8.42 Å². The van der Waals surface area contributed by atoms with Crippen LogP contribution >= 0.6 is 12.4 Å². The van der Waals surface area contributed by atoms with Gasteiger partial charge in [0.15, 0.2) is 0 Å². The standard InChI is InChI=1S/C18H20N2O2S.ClH/c21-23(22,18-7-6-14-2-1-3-15(14)9-18)20-10-13-4-5-16-11-19-12-17(16)8-13;/h4-9,19-20H,1-3,10-12H2;1H.